The molecule has 0 saturated carbocycles. The molecule has 2 aromatic carbocycles. The Bertz CT molecular complexity index is 867. The van der Waals surface area contributed by atoms with Crippen molar-refractivity contribution in [2.24, 2.45) is 5.73 Å². The van der Waals surface area contributed by atoms with Crippen molar-refractivity contribution in [2.75, 3.05) is 7.05 Å². The van der Waals surface area contributed by atoms with Crippen molar-refractivity contribution < 1.29 is 4.79 Å². The normalized spacial score (nSPS) is 11.9. The summed E-state index contributed by atoms with van der Waals surface area (Å²) in [5.41, 5.74) is 8.97. The van der Waals surface area contributed by atoms with E-state index < -0.39 is 6.04 Å². The third-order valence-electron chi connectivity index (χ3n) is 3.84. The maximum Gasteiger partial charge on any atom is 0.237 e. The summed E-state index contributed by atoms with van der Waals surface area (Å²) < 4.78 is 1.72. The zero-order valence-electron chi connectivity index (χ0n) is 14.4. The first-order chi connectivity index (χ1) is 12.7. The summed E-state index contributed by atoms with van der Waals surface area (Å²) in [5, 5.41) is 15.2. The van der Waals surface area contributed by atoms with Crippen LogP contribution in [0.3, 0.4) is 0 Å². The van der Waals surface area contributed by atoms with Gasteiger partial charge < -0.3 is 11.1 Å². The first kappa shape index (κ1) is 18.1. The molecule has 0 spiro atoms. The number of hydrogen-bond donors (Lipinski definition) is 2. The van der Waals surface area contributed by atoms with E-state index in [0.29, 0.717) is 6.42 Å². The molecule has 3 N–H and O–H groups in total. The summed E-state index contributed by atoms with van der Waals surface area (Å²) >= 11 is 1.56. The quantitative estimate of drug-likeness (QED) is 0.614. The molecule has 0 aliphatic rings. The molecule has 1 atom stereocenters. The Morgan fingerprint density at radius 1 is 1.19 bits per heavy atom. The van der Waals surface area contributed by atoms with Crippen LogP contribution in [0.5, 0.6) is 0 Å². The van der Waals surface area contributed by atoms with Crippen LogP contribution in [0.25, 0.3) is 5.69 Å². The molecule has 0 saturated heterocycles. The van der Waals surface area contributed by atoms with E-state index in [2.05, 4.69) is 26.9 Å². The van der Waals surface area contributed by atoms with Crippen molar-refractivity contribution >= 4 is 17.7 Å². The molecule has 1 heterocycles. The number of thioether (sulfide) groups is 1. The molecule has 7 nitrogen and oxygen atoms in total. The van der Waals surface area contributed by atoms with Crippen molar-refractivity contribution in [3.8, 4) is 5.69 Å². The molecule has 1 unspecified atom stereocenters. The number of para-hydroxylation sites is 1. The van der Waals surface area contributed by atoms with Gasteiger partial charge in [-0.1, -0.05) is 54.2 Å². The summed E-state index contributed by atoms with van der Waals surface area (Å²) in [4.78, 5) is 11.6. The van der Waals surface area contributed by atoms with Gasteiger partial charge in [0.25, 0.3) is 0 Å². The molecule has 3 rings (SSSR count). The fourth-order valence-corrected chi connectivity index (χ4v) is 3.36. The van der Waals surface area contributed by atoms with Crippen LogP contribution in [0.15, 0.2) is 59.8 Å². The van der Waals surface area contributed by atoms with E-state index in [0.717, 1.165) is 27.7 Å². The van der Waals surface area contributed by atoms with Gasteiger partial charge in [-0.05, 0) is 40.1 Å². The number of aromatic nitrogens is 4. The molecule has 0 aliphatic carbocycles. The molecule has 26 heavy (non-hydrogen) atoms. The summed E-state index contributed by atoms with van der Waals surface area (Å²) in [6.07, 6.45) is 0.500. The van der Waals surface area contributed by atoms with Crippen LogP contribution in [0, 0.1) is 0 Å². The van der Waals surface area contributed by atoms with Crippen LogP contribution >= 0.6 is 11.8 Å². The second-order valence-electron chi connectivity index (χ2n) is 5.74. The number of nitrogens with zero attached hydrogens (tertiary/aromatic N) is 4. The van der Waals surface area contributed by atoms with Crippen LogP contribution in [0.4, 0.5) is 0 Å². The molecule has 0 fully saturated rings. The molecular formula is C18H20N6OS. The average Bonchev–Trinajstić information content (AvgIpc) is 3.15. The van der Waals surface area contributed by atoms with Crippen LogP contribution < -0.4 is 11.1 Å². The molecular weight excluding hydrogens is 348 g/mol. The number of amides is 1. The van der Waals surface area contributed by atoms with Crippen molar-refractivity contribution in [1.29, 1.82) is 0 Å². The summed E-state index contributed by atoms with van der Waals surface area (Å²) in [6, 6.07) is 17.3. The van der Waals surface area contributed by atoms with Crippen LogP contribution in [-0.4, -0.2) is 39.2 Å². The number of nitrogens with one attached hydrogen (secondary N) is 1. The highest BCUT2D eigenvalue weighted by Gasteiger charge is 2.13. The lowest BCUT2D eigenvalue weighted by Crippen LogP contribution is -2.40. The van der Waals surface area contributed by atoms with Gasteiger partial charge in [-0.15, -0.1) is 5.10 Å². The lowest BCUT2D eigenvalue weighted by molar-refractivity contribution is -0.121. The summed E-state index contributed by atoms with van der Waals surface area (Å²) in [5.74, 6) is 0.558. The Hall–Kier alpha value is -2.71. The fourth-order valence-electron chi connectivity index (χ4n) is 2.53. The van der Waals surface area contributed by atoms with Crippen molar-refractivity contribution in [2.45, 2.75) is 23.4 Å². The highest BCUT2D eigenvalue weighted by Crippen LogP contribution is 2.23. The second kappa shape index (κ2) is 8.59. The van der Waals surface area contributed by atoms with Gasteiger partial charge in [0.05, 0.1) is 11.7 Å². The first-order valence-electron chi connectivity index (χ1n) is 8.19. The van der Waals surface area contributed by atoms with Crippen molar-refractivity contribution in [3.63, 3.8) is 0 Å². The molecule has 1 aromatic heterocycles. The number of hydrogen-bond acceptors (Lipinski definition) is 6. The van der Waals surface area contributed by atoms with Gasteiger partial charge in [0.2, 0.25) is 11.1 Å². The standard InChI is InChI=1S/C18H20N6OS/c1-20-17(25)16(19)11-13-6-5-7-14(10-13)12-26-18-21-22-23-24(18)15-8-3-2-4-9-15/h2-10,16H,11-12,19H2,1H3,(H,20,25). The van der Waals surface area contributed by atoms with Crippen molar-refractivity contribution in [1.82, 2.24) is 25.5 Å². The number of rotatable bonds is 7. The van der Waals surface area contributed by atoms with E-state index in [1.165, 1.54) is 0 Å². The topological polar surface area (TPSA) is 98.7 Å². The predicted molar refractivity (Wildman–Crippen MR) is 101 cm³/mol. The Morgan fingerprint density at radius 2 is 1.96 bits per heavy atom. The zero-order valence-corrected chi connectivity index (χ0v) is 15.2. The number of nitrogens with two attached hydrogens (primary N) is 1. The number of carbonyl (C=O) groups excluding carboxylic acids is 1. The van der Waals surface area contributed by atoms with E-state index in [-0.39, 0.29) is 5.91 Å². The first-order valence-corrected chi connectivity index (χ1v) is 9.17. The van der Waals surface area contributed by atoms with Crippen LogP contribution in [0.1, 0.15) is 11.1 Å². The Balaban J connectivity index is 1.67. The van der Waals surface area contributed by atoms with Gasteiger partial charge >= 0.3 is 0 Å². The minimum absolute atomic E-state index is 0.160. The van der Waals surface area contributed by atoms with Crippen LogP contribution in [0.2, 0.25) is 0 Å². The predicted octanol–water partition coefficient (Wildman–Crippen LogP) is 1.57. The van der Waals surface area contributed by atoms with E-state index >= 15 is 0 Å². The van der Waals surface area contributed by atoms with E-state index in [1.54, 1.807) is 23.5 Å². The lowest BCUT2D eigenvalue weighted by Gasteiger charge is -2.11. The van der Waals surface area contributed by atoms with E-state index in [1.807, 2.05) is 48.5 Å². The molecule has 8 heteroatoms. The minimum Gasteiger partial charge on any atom is -0.358 e. The molecule has 134 valence electrons. The Labute approximate surface area is 156 Å². The monoisotopic (exact) mass is 368 g/mol. The van der Waals surface area contributed by atoms with Gasteiger partial charge in [0.15, 0.2) is 0 Å². The minimum atomic E-state index is -0.548. The lowest BCUT2D eigenvalue weighted by atomic mass is 10.0. The SMILES string of the molecule is CNC(=O)C(N)Cc1cccc(CSc2nnnn2-c2ccccc2)c1. The van der Waals surface area contributed by atoms with Crippen LogP contribution in [-0.2, 0) is 17.0 Å². The van der Waals surface area contributed by atoms with Gasteiger partial charge in [0, 0.05) is 12.8 Å². The van der Waals surface area contributed by atoms with Gasteiger partial charge in [-0.25, -0.2) is 0 Å². The van der Waals surface area contributed by atoms with E-state index in [9.17, 15) is 4.79 Å². The van der Waals surface area contributed by atoms with Gasteiger partial charge in [-0.3, -0.25) is 4.79 Å². The average molecular weight is 368 g/mol. The zero-order chi connectivity index (χ0) is 18.4. The number of carbonyl (C=O) groups is 1. The largest absolute Gasteiger partial charge is 0.358 e. The fraction of sp³-hybridized carbons (Fsp3) is 0.222. The van der Waals surface area contributed by atoms with Gasteiger partial charge in [-0.2, -0.15) is 4.68 Å². The Kier molecular flexibility index (Phi) is 5.98. The molecule has 0 radical (unpaired) electrons. The third-order valence-corrected chi connectivity index (χ3v) is 4.83. The number of likely N-dealkylation sites (N-methyl/N-ethyl adjacent to an activating group) is 1. The Morgan fingerprint density at radius 3 is 2.73 bits per heavy atom. The highest BCUT2D eigenvalue weighted by molar-refractivity contribution is 7.98. The highest BCUT2D eigenvalue weighted by atomic mass is 32.2. The van der Waals surface area contributed by atoms with Crippen molar-refractivity contribution in [3.05, 3.63) is 65.7 Å². The molecule has 0 aliphatic heterocycles. The summed E-state index contributed by atoms with van der Waals surface area (Å²) in [6.45, 7) is 0. The number of benzene rings is 2. The molecule has 1 amide bonds. The molecule has 3 aromatic rings. The smallest absolute Gasteiger partial charge is 0.237 e. The number of tetrazole rings is 1. The second-order valence-corrected chi connectivity index (χ2v) is 6.68. The molecule has 0 bridgehead atoms. The summed E-state index contributed by atoms with van der Waals surface area (Å²) in [7, 11) is 1.59. The van der Waals surface area contributed by atoms with Gasteiger partial charge in [0.1, 0.15) is 0 Å². The van der Waals surface area contributed by atoms with E-state index in [4.69, 9.17) is 5.73 Å². The third kappa shape index (κ3) is 4.47. The maximum atomic E-state index is 11.6. The maximum absolute atomic E-state index is 11.6.